The smallest absolute Gasteiger partial charge is 0.261 e. The lowest BCUT2D eigenvalue weighted by atomic mass is 10.0. The van der Waals surface area contributed by atoms with Gasteiger partial charge in [0, 0.05) is 6.61 Å². The van der Waals surface area contributed by atoms with E-state index in [1.807, 2.05) is 0 Å². The predicted molar refractivity (Wildman–Crippen MR) is 163 cm³/mol. The monoisotopic (exact) mass is 530 g/mol. The highest BCUT2D eigenvalue weighted by Crippen LogP contribution is 2.40. The van der Waals surface area contributed by atoms with Crippen molar-refractivity contribution in [2.75, 3.05) is 6.61 Å². The zero-order valence-electron chi connectivity index (χ0n) is 23.7. The summed E-state index contributed by atoms with van der Waals surface area (Å²) >= 11 is 0. The molecule has 1 aliphatic rings. The Bertz CT molecular complexity index is 1050. The number of ether oxygens (including phenoxy) is 1. The Kier molecular flexibility index (Phi) is 8.95. The summed E-state index contributed by atoms with van der Waals surface area (Å²) in [4.78, 5) is 0. The molecular weight excluding hydrogens is 485 g/mol. The third-order valence-electron chi connectivity index (χ3n) is 8.72. The molecule has 0 spiro atoms. The van der Waals surface area contributed by atoms with Crippen molar-refractivity contribution in [1.29, 1.82) is 0 Å². The average molecular weight is 531 g/mol. The Balaban J connectivity index is 1.45. The highest BCUT2D eigenvalue weighted by molar-refractivity contribution is 6.99. The third-order valence-corrected chi connectivity index (χ3v) is 19.4. The molecular formula is C33H46O2Si2. The first kappa shape index (κ1) is 28.0. The van der Waals surface area contributed by atoms with Crippen LogP contribution < -0.4 is 15.6 Å². The van der Waals surface area contributed by atoms with Crippen LogP contribution >= 0.6 is 0 Å². The predicted octanol–water partition coefficient (Wildman–Crippen LogP) is 6.68. The van der Waals surface area contributed by atoms with Crippen molar-refractivity contribution >= 4 is 32.0 Å². The highest BCUT2D eigenvalue weighted by atomic mass is 28.4. The molecule has 0 bridgehead atoms. The van der Waals surface area contributed by atoms with Crippen LogP contribution in [-0.4, -0.2) is 34.8 Å². The van der Waals surface area contributed by atoms with Gasteiger partial charge in [-0.15, -0.1) is 0 Å². The van der Waals surface area contributed by atoms with E-state index < -0.39 is 16.4 Å². The van der Waals surface area contributed by atoms with Gasteiger partial charge >= 0.3 is 0 Å². The molecule has 4 heteroatoms. The van der Waals surface area contributed by atoms with Gasteiger partial charge in [-0.25, -0.2) is 0 Å². The van der Waals surface area contributed by atoms with Gasteiger partial charge in [-0.1, -0.05) is 150 Å². The van der Waals surface area contributed by atoms with Gasteiger partial charge in [0.25, 0.3) is 8.32 Å². The first-order chi connectivity index (χ1) is 17.8. The van der Waals surface area contributed by atoms with Crippen molar-refractivity contribution in [1.82, 2.24) is 0 Å². The van der Waals surface area contributed by atoms with Crippen LogP contribution in [0.3, 0.4) is 0 Å². The zero-order chi connectivity index (χ0) is 26.5. The van der Waals surface area contributed by atoms with E-state index in [4.69, 9.17) is 9.16 Å². The maximum absolute atomic E-state index is 7.15. The van der Waals surface area contributed by atoms with Gasteiger partial charge in [-0.2, -0.15) is 0 Å². The zero-order valence-corrected chi connectivity index (χ0v) is 25.7. The molecule has 0 aromatic heterocycles. The van der Waals surface area contributed by atoms with Gasteiger partial charge in [0.15, 0.2) is 0 Å². The summed E-state index contributed by atoms with van der Waals surface area (Å²) in [6.45, 7) is 15.0. The largest absolute Gasteiger partial charge is 0.407 e. The van der Waals surface area contributed by atoms with Crippen LogP contribution in [0.1, 0.15) is 54.4 Å². The number of benzene rings is 3. The summed E-state index contributed by atoms with van der Waals surface area (Å²) in [6.07, 6.45) is 2.61. The first-order valence-electron chi connectivity index (χ1n) is 14.2. The minimum Gasteiger partial charge on any atom is -0.407 e. The summed E-state index contributed by atoms with van der Waals surface area (Å²) in [5.74, 6) is 0.574. The Hall–Kier alpha value is -1.99. The Labute approximate surface area is 227 Å². The maximum atomic E-state index is 7.15. The number of hydrogen-bond acceptors (Lipinski definition) is 2. The van der Waals surface area contributed by atoms with Crippen molar-refractivity contribution in [2.45, 2.75) is 83.3 Å². The van der Waals surface area contributed by atoms with E-state index in [1.165, 1.54) is 22.5 Å². The highest BCUT2D eigenvalue weighted by Gasteiger charge is 2.55. The lowest BCUT2D eigenvalue weighted by Gasteiger charge is -2.43. The van der Waals surface area contributed by atoms with Crippen molar-refractivity contribution in [3.8, 4) is 0 Å². The van der Waals surface area contributed by atoms with Crippen LogP contribution in [0.5, 0.6) is 0 Å². The Morgan fingerprint density at radius 1 is 0.757 bits per heavy atom. The maximum Gasteiger partial charge on any atom is 0.261 e. The molecule has 37 heavy (non-hydrogen) atoms. The molecule has 0 radical (unpaired) electrons. The summed E-state index contributed by atoms with van der Waals surface area (Å²) in [5.41, 5.74) is 0.463. The van der Waals surface area contributed by atoms with E-state index in [9.17, 15) is 0 Å². The van der Waals surface area contributed by atoms with Crippen molar-refractivity contribution < 1.29 is 9.16 Å². The second-order valence-corrected chi connectivity index (χ2v) is 21.1. The van der Waals surface area contributed by atoms with Gasteiger partial charge in [0.2, 0.25) is 0 Å². The van der Waals surface area contributed by atoms with E-state index in [2.05, 4.69) is 133 Å². The molecule has 3 aromatic rings. The van der Waals surface area contributed by atoms with E-state index in [0.717, 1.165) is 19.4 Å². The molecule has 4 rings (SSSR count). The number of rotatable bonds is 12. The quantitative estimate of drug-likeness (QED) is 0.192. The second kappa shape index (κ2) is 11.8. The normalized spacial score (nSPS) is 19.0. The lowest BCUT2D eigenvalue weighted by molar-refractivity contribution is 0.255. The van der Waals surface area contributed by atoms with Gasteiger partial charge in [-0.3, -0.25) is 0 Å². The fourth-order valence-corrected chi connectivity index (χ4v) is 15.7. The van der Waals surface area contributed by atoms with Crippen LogP contribution in [0.4, 0.5) is 0 Å². The summed E-state index contributed by atoms with van der Waals surface area (Å²) in [7, 11) is -4.10. The van der Waals surface area contributed by atoms with Crippen molar-refractivity contribution in [3.05, 3.63) is 91.0 Å². The van der Waals surface area contributed by atoms with E-state index in [-0.39, 0.29) is 5.04 Å². The Morgan fingerprint density at radius 2 is 1.22 bits per heavy atom. The average Bonchev–Trinajstić information content (AvgIpc) is 3.68. The van der Waals surface area contributed by atoms with Crippen molar-refractivity contribution in [3.63, 3.8) is 0 Å². The summed E-state index contributed by atoms with van der Waals surface area (Å²) < 4.78 is 13.6. The Morgan fingerprint density at radius 3 is 1.65 bits per heavy atom. The van der Waals surface area contributed by atoms with Gasteiger partial charge in [0.05, 0.1) is 11.8 Å². The summed E-state index contributed by atoms with van der Waals surface area (Å²) in [6, 6.07) is 35.7. The molecule has 1 fully saturated rings. The van der Waals surface area contributed by atoms with Gasteiger partial charge < -0.3 is 9.16 Å². The number of epoxide rings is 1. The van der Waals surface area contributed by atoms with E-state index in [0.29, 0.717) is 17.7 Å². The number of hydrogen-bond donors (Lipinski definition) is 0. The van der Waals surface area contributed by atoms with Crippen LogP contribution in [0.25, 0.3) is 0 Å². The second-order valence-electron chi connectivity index (χ2n) is 12.0. The minimum atomic E-state index is -2.46. The topological polar surface area (TPSA) is 21.8 Å². The van der Waals surface area contributed by atoms with E-state index in [1.54, 1.807) is 5.19 Å². The molecule has 1 saturated heterocycles. The molecule has 0 N–H and O–H groups in total. The lowest BCUT2D eigenvalue weighted by Crippen LogP contribution is -2.66. The van der Waals surface area contributed by atoms with Crippen LogP contribution in [0, 0.1) is 5.92 Å². The molecule has 0 amide bonds. The molecule has 0 unspecified atom stereocenters. The minimum absolute atomic E-state index is 0.0206. The standard InChI is InChI=1S/C33H46O2Si2/c1-7-36(8-2,28-18-12-9-13-19-28)32-31(35-32)26-27(3)24-25-34-37(33(4,5)6,29-20-14-10-15-21-29)30-22-16-11-17-23-30/h9-23,27,31-32H,7-8,24-26H2,1-6H3/t27-,31-,32-/m0/s1. The fraction of sp³-hybridized carbons (Fsp3) is 0.455. The molecule has 1 heterocycles. The molecule has 198 valence electrons. The molecule has 0 saturated carbocycles. The van der Waals surface area contributed by atoms with Crippen LogP contribution in [0.15, 0.2) is 91.0 Å². The fourth-order valence-electron chi connectivity index (χ4n) is 6.49. The van der Waals surface area contributed by atoms with Crippen LogP contribution in [-0.2, 0) is 9.16 Å². The van der Waals surface area contributed by atoms with Crippen molar-refractivity contribution in [2.24, 2.45) is 5.92 Å². The van der Waals surface area contributed by atoms with E-state index >= 15 is 0 Å². The third kappa shape index (κ3) is 5.73. The van der Waals surface area contributed by atoms with Gasteiger partial charge in [-0.05, 0) is 34.2 Å². The first-order valence-corrected chi connectivity index (χ1v) is 18.6. The molecule has 1 aliphatic heterocycles. The summed E-state index contributed by atoms with van der Waals surface area (Å²) in [5, 5.41) is 4.30. The van der Waals surface area contributed by atoms with Crippen LogP contribution in [0.2, 0.25) is 17.1 Å². The molecule has 2 nitrogen and oxygen atoms in total. The molecule has 3 atom stereocenters. The molecule has 3 aromatic carbocycles. The SMILES string of the molecule is CC[Si](CC)(c1ccccc1)[C@@H]1O[C@H]1C[C@@H](C)CCO[Si](c1ccccc1)(c1ccccc1)C(C)(C)C. The van der Waals surface area contributed by atoms with Gasteiger partial charge in [0.1, 0.15) is 8.07 Å². The molecule has 0 aliphatic carbocycles.